The number of carbonyl (C=O) groups is 2. The molecule has 0 aromatic carbocycles. The molecule has 98 valence electrons. The van der Waals surface area contributed by atoms with Crippen molar-refractivity contribution < 1.29 is 19.8 Å². The maximum atomic E-state index is 11.9. The number of urea groups is 1. The Bertz CT molecular complexity index is 283. The molecule has 6 heteroatoms. The van der Waals surface area contributed by atoms with Gasteiger partial charge >= 0.3 is 12.0 Å². The van der Waals surface area contributed by atoms with E-state index in [0.717, 1.165) is 19.3 Å². The molecule has 0 radical (unpaired) electrons. The summed E-state index contributed by atoms with van der Waals surface area (Å²) in [4.78, 5) is 24.4. The maximum absolute atomic E-state index is 11.9. The lowest BCUT2D eigenvalue weighted by Gasteiger charge is -2.34. The van der Waals surface area contributed by atoms with Crippen molar-refractivity contribution in [3.8, 4) is 0 Å². The van der Waals surface area contributed by atoms with E-state index in [1.165, 1.54) is 0 Å². The van der Waals surface area contributed by atoms with Crippen LogP contribution < -0.4 is 5.32 Å². The lowest BCUT2D eigenvalue weighted by Crippen LogP contribution is -2.52. The van der Waals surface area contributed by atoms with Gasteiger partial charge in [-0.3, -0.25) is 0 Å². The molecule has 0 bridgehead atoms. The lowest BCUT2D eigenvalue weighted by atomic mass is 10.0. The second-order valence-corrected chi connectivity index (χ2v) is 4.39. The van der Waals surface area contributed by atoms with E-state index < -0.39 is 12.0 Å². The number of likely N-dealkylation sites (tertiary alicyclic amines) is 1. The van der Waals surface area contributed by atoms with E-state index >= 15 is 0 Å². The second-order valence-electron chi connectivity index (χ2n) is 4.39. The second kappa shape index (κ2) is 6.44. The zero-order valence-electron chi connectivity index (χ0n) is 10.1. The van der Waals surface area contributed by atoms with E-state index in [1.54, 1.807) is 4.90 Å². The van der Waals surface area contributed by atoms with Crippen LogP contribution in [0.3, 0.4) is 0 Å². The summed E-state index contributed by atoms with van der Waals surface area (Å²) in [5, 5.41) is 20.1. The van der Waals surface area contributed by atoms with Crippen molar-refractivity contribution in [3.05, 3.63) is 0 Å². The number of aliphatic hydroxyl groups is 1. The summed E-state index contributed by atoms with van der Waals surface area (Å²) in [5.74, 6) is -1.11. The average molecular weight is 244 g/mol. The van der Waals surface area contributed by atoms with E-state index in [-0.39, 0.29) is 25.1 Å². The SMILES string of the molecule is CC1CCCCN1C(=O)N[C@@H](CCO)C(=O)O. The molecule has 1 rings (SSSR count). The molecule has 17 heavy (non-hydrogen) atoms. The van der Waals surface area contributed by atoms with Gasteiger partial charge in [0, 0.05) is 25.6 Å². The Balaban J connectivity index is 2.53. The molecule has 1 heterocycles. The number of hydrogen-bond acceptors (Lipinski definition) is 3. The molecule has 0 aromatic rings. The van der Waals surface area contributed by atoms with Gasteiger partial charge < -0.3 is 20.4 Å². The van der Waals surface area contributed by atoms with E-state index in [2.05, 4.69) is 5.32 Å². The molecule has 1 saturated heterocycles. The van der Waals surface area contributed by atoms with Gasteiger partial charge in [-0.05, 0) is 26.2 Å². The normalized spacial score (nSPS) is 22.0. The number of aliphatic hydroxyl groups excluding tert-OH is 1. The van der Waals surface area contributed by atoms with Gasteiger partial charge in [0.25, 0.3) is 0 Å². The third-order valence-corrected chi connectivity index (χ3v) is 3.08. The molecular weight excluding hydrogens is 224 g/mol. The van der Waals surface area contributed by atoms with Crippen LogP contribution in [0.25, 0.3) is 0 Å². The quantitative estimate of drug-likeness (QED) is 0.668. The Labute approximate surface area is 101 Å². The number of rotatable bonds is 4. The molecular formula is C11H20N2O4. The summed E-state index contributed by atoms with van der Waals surface area (Å²) in [5.41, 5.74) is 0. The van der Waals surface area contributed by atoms with Crippen molar-refractivity contribution in [2.24, 2.45) is 0 Å². The summed E-state index contributed by atoms with van der Waals surface area (Å²) < 4.78 is 0. The molecule has 2 amide bonds. The minimum atomic E-state index is -1.11. The Hall–Kier alpha value is -1.30. The smallest absolute Gasteiger partial charge is 0.326 e. The zero-order valence-corrected chi connectivity index (χ0v) is 10.1. The van der Waals surface area contributed by atoms with Crippen LogP contribution in [-0.2, 0) is 4.79 Å². The predicted molar refractivity (Wildman–Crippen MR) is 61.7 cm³/mol. The lowest BCUT2D eigenvalue weighted by molar-refractivity contribution is -0.139. The first-order valence-electron chi connectivity index (χ1n) is 5.97. The van der Waals surface area contributed by atoms with Crippen LogP contribution >= 0.6 is 0 Å². The summed E-state index contributed by atoms with van der Waals surface area (Å²) in [7, 11) is 0. The highest BCUT2D eigenvalue weighted by molar-refractivity contribution is 5.82. The highest BCUT2D eigenvalue weighted by Gasteiger charge is 2.27. The fraction of sp³-hybridized carbons (Fsp3) is 0.818. The van der Waals surface area contributed by atoms with Gasteiger partial charge in [-0.15, -0.1) is 0 Å². The first kappa shape index (κ1) is 13.8. The number of nitrogens with one attached hydrogen (secondary N) is 1. The number of carboxylic acid groups (broad SMARTS) is 1. The molecule has 1 unspecified atom stereocenters. The summed E-state index contributed by atoms with van der Waals surface area (Å²) >= 11 is 0. The standard InChI is InChI=1S/C11H20N2O4/c1-8-4-2-3-6-13(8)11(17)12-9(5-7-14)10(15)16/h8-9,14H,2-7H2,1H3,(H,12,17)(H,15,16)/t8?,9-/m0/s1. The van der Waals surface area contributed by atoms with Crippen LogP contribution in [0, 0.1) is 0 Å². The topological polar surface area (TPSA) is 89.9 Å². The van der Waals surface area contributed by atoms with Crippen molar-refractivity contribution >= 4 is 12.0 Å². The number of piperidine rings is 1. The van der Waals surface area contributed by atoms with Gasteiger partial charge in [-0.25, -0.2) is 9.59 Å². The number of carbonyl (C=O) groups excluding carboxylic acids is 1. The van der Waals surface area contributed by atoms with E-state index in [0.29, 0.717) is 6.54 Å². The van der Waals surface area contributed by atoms with Gasteiger partial charge in [0.05, 0.1) is 0 Å². The summed E-state index contributed by atoms with van der Waals surface area (Å²) in [6.07, 6.45) is 3.04. The third-order valence-electron chi connectivity index (χ3n) is 3.08. The van der Waals surface area contributed by atoms with Crippen molar-refractivity contribution in [2.45, 2.75) is 44.7 Å². The number of hydrogen-bond donors (Lipinski definition) is 3. The molecule has 0 aliphatic carbocycles. The van der Waals surface area contributed by atoms with Crippen molar-refractivity contribution in [2.75, 3.05) is 13.2 Å². The van der Waals surface area contributed by atoms with Crippen molar-refractivity contribution in [3.63, 3.8) is 0 Å². The van der Waals surface area contributed by atoms with Crippen molar-refractivity contribution in [1.82, 2.24) is 10.2 Å². The van der Waals surface area contributed by atoms with Crippen LogP contribution in [0.5, 0.6) is 0 Å². The van der Waals surface area contributed by atoms with Crippen LogP contribution in [0.2, 0.25) is 0 Å². The number of amides is 2. The van der Waals surface area contributed by atoms with Crippen LogP contribution in [0.15, 0.2) is 0 Å². The maximum Gasteiger partial charge on any atom is 0.326 e. The van der Waals surface area contributed by atoms with Gasteiger partial charge in [0.1, 0.15) is 6.04 Å². The van der Waals surface area contributed by atoms with E-state index in [9.17, 15) is 9.59 Å². The molecule has 6 nitrogen and oxygen atoms in total. The minimum absolute atomic E-state index is 0.0310. The largest absolute Gasteiger partial charge is 0.480 e. The highest BCUT2D eigenvalue weighted by atomic mass is 16.4. The molecule has 3 N–H and O–H groups in total. The molecule has 0 spiro atoms. The zero-order chi connectivity index (χ0) is 12.8. The number of aliphatic carboxylic acids is 1. The summed E-state index contributed by atoms with van der Waals surface area (Å²) in [6, 6.07) is -1.22. The monoisotopic (exact) mass is 244 g/mol. The Morgan fingerprint density at radius 1 is 1.47 bits per heavy atom. The van der Waals surface area contributed by atoms with Gasteiger partial charge in [-0.2, -0.15) is 0 Å². The minimum Gasteiger partial charge on any atom is -0.480 e. The van der Waals surface area contributed by atoms with Gasteiger partial charge in [0.15, 0.2) is 0 Å². The Kier molecular flexibility index (Phi) is 5.21. The molecule has 0 saturated carbocycles. The van der Waals surface area contributed by atoms with Crippen LogP contribution in [0.1, 0.15) is 32.6 Å². The number of carboxylic acids is 1. The van der Waals surface area contributed by atoms with Crippen LogP contribution in [0.4, 0.5) is 4.79 Å². The van der Waals surface area contributed by atoms with Crippen LogP contribution in [-0.4, -0.2) is 52.3 Å². The molecule has 2 atom stereocenters. The fourth-order valence-corrected chi connectivity index (χ4v) is 2.02. The number of nitrogens with zero attached hydrogens (tertiary/aromatic N) is 1. The van der Waals surface area contributed by atoms with Crippen molar-refractivity contribution in [1.29, 1.82) is 0 Å². The molecule has 1 aliphatic heterocycles. The Morgan fingerprint density at radius 3 is 2.71 bits per heavy atom. The average Bonchev–Trinajstić information content (AvgIpc) is 2.28. The fourth-order valence-electron chi connectivity index (χ4n) is 2.02. The highest BCUT2D eigenvalue weighted by Crippen LogP contribution is 2.16. The molecule has 1 aliphatic rings. The van der Waals surface area contributed by atoms with E-state index in [1.807, 2.05) is 6.92 Å². The summed E-state index contributed by atoms with van der Waals surface area (Å²) in [6.45, 7) is 2.37. The van der Waals surface area contributed by atoms with Gasteiger partial charge in [0.2, 0.25) is 0 Å². The molecule has 0 aromatic heterocycles. The first-order chi connectivity index (χ1) is 8.06. The van der Waals surface area contributed by atoms with Gasteiger partial charge in [-0.1, -0.05) is 0 Å². The Morgan fingerprint density at radius 2 is 2.18 bits per heavy atom. The third kappa shape index (κ3) is 3.89. The first-order valence-corrected chi connectivity index (χ1v) is 5.97. The predicted octanol–water partition coefficient (Wildman–Crippen LogP) is 0.406. The molecule has 1 fully saturated rings. The van der Waals surface area contributed by atoms with E-state index in [4.69, 9.17) is 10.2 Å².